The summed E-state index contributed by atoms with van der Waals surface area (Å²) in [5, 5.41) is 0. The van der Waals surface area contributed by atoms with Crippen LogP contribution in [-0.4, -0.2) is 17.1 Å². The van der Waals surface area contributed by atoms with Crippen molar-refractivity contribution in [2.24, 2.45) is 0 Å². The Morgan fingerprint density at radius 3 is 2.47 bits per heavy atom. The van der Waals surface area contributed by atoms with Gasteiger partial charge in [0.05, 0.1) is 16.4 Å². The van der Waals surface area contributed by atoms with Crippen molar-refractivity contribution in [3.05, 3.63) is 43.9 Å². The smallest absolute Gasteiger partial charge is 0.264 e. The largest absolute Gasteiger partial charge is 0.497 e. The molecule has 1 aromatic carbocycles. The summed E-state index contributed by atoms with van der Waals surface area (Å²) in [6.45, 7) is 1.82. The Labute approximate surface area is 112 Å². The van der Waals surface area contributed by atoms with Gasteiger partial charge in [-0.3, -0.25) is 4.79 Å². The lowest BCUT2D eigenvalue weighted by Crippen LogP contribution is -2.14. The van der Waals surface area contributed by atoms with Crippen LogP contribution in [0.4, 0.5) is 0 Å². The third-order valence-electron chi connectivity index (χ3n) is 2.39. The van der Waals surface area contributed by atoms with Crippen LogP contribution >= 0.6 is 22.6 Å². The quantitative estimate of drug-likeness (QED) is 0.853. The molecule has 0 aliphatic carbocycles. The molecule has 0 spiro atoms. The van der Waals surface area contributed by atoms with Gasteiger partial charge in [0.25, 0.3) is 5.56 Å². The summed E-state index contributed by atoms with van der Waals surface area (Å²) in [5.74, 6) is 1.36. The highest BCUT2D eigenvalue weighted by Gasteiger charge is 2.06. The zero-order valence-corrected chi connectivity index (χ0v) is 11.6. The minimum absolute atomic E-state index is 0.107. The van der Waals surface area contributed by atoms with Crippen molar-refractivity contribution < 1.29 is 4.74 Å². The van der Waals surface area contributed by atoms with Crippen LogP contribution in [0.1, 0.15) is 5.69 Å². The van der Waals surface area contributed by atoms with E-state index in [9.17, 15) is 4.79 Å². The van der Waals surface area contributed by atoms with Gasteiger partial charge in [-0.2, -0.15) is 0 Å². The van der Waals surface area contributed by atoms with Crippen molar-refractivity contribution in [3.63, 3.8) is 0 Å². The van der Waals surface area contributed by atoms with E-state index in [1.807, 2.05) is 53.8 Å². The molecule has 0 bridgehead atoms. The Morgan fingerprint density at radius 2 is 1.94 bits per heavy atom. The van der Waals surface area contributed by atoms with Gasteiger partial charge in [0, 0.05) is 5.56 Å². The third-order valence-corrected chi connectivity index (χ3v) is 3.66. The van der Waals surface area contributed by atoms with Crippen LogP contribution in [-0.2, 0) is 0 Å². The molecule has 0 unspecified atom stereocenters. The monoisotopic (exact) mass is 342 g/mol. The highest BCUT2D eigenvalue weighted by molar-refractivity contribution is 14.1. The highest BCUT2D eigenvalue weighted by atomic mass is 127. The first-order valence-electron chi connectivity index (χ1n) is 5.02. The first-order chi connectivity index (χ1) is 8.11. The Bertz CT molecular complexity index is 590. The lowest BCUT2D eigenvalue weighted by atomic mass is 10.2. The topological polar surface area (TPSA) is 55.0 Å². The van der Waals surface area contributed by atoms with Gasteiger partial charge < -0.3 is 9.72 Å². The van der Waals surface area contributed by atoms with Gasteiger partial charge in [-0.05, 0) is 53.8 Å². The number of aryl methyl sites for hydroxylation is 1. The summed E-state index contributed by atoms with van der Waals surface area (Å²) in [4.78, 5) is 18.7. The molecule has 88 valence electrons. The normalized spacial score (nSPS) is 10.3. The van der Waals surface area contributed by atoms with Gasteiger partial charge in [0.2, 0.25) is 0 Å². The number of halogens is 1. The molecular formula is C12H11IN2O2. The predicted molar refractivity (Wildman–Crippen MR) is 74.3 cm³/mol. The molecule has 17 heavy (non-hydrogen) atoms. The van der Waals surface area contributed by atoms with Gasteiger partial charge in [-0.25, -0.2) is 4.98 Å². The summed E-state index contributed by atoms with van der Waals surface area (Å²) in [6.07, 6.45) is 0. The summed E-state index contributed by atoms with van der Waals surface area (Å²) in [6, 6.07) is 7.40. The van der Waals surface area contributed by atoms with Gasteiger partial charge in [0.1, 0.15) is 11.6 Å². The van der Waals surface area contributed by atoms with E-state index in [2.05, 4.69) is 9.97 Å². The van der Waals surface area contributed by atoms with Crippen molar-refractivity contribution in [2.45, 2.75) is 6.92 Å². The number of ether oxygens (including phenoxy) is 1. The molecular weight excluding hydrogens is 331 g/mol. The fourth-order valence-corrected chi connectivity index (χ4v) is 1.71. The summed E-state index contributed by atoms with van der Waals surface area (Å²) in [5.41, 5.74) is 1.49. The molecule has 0 amide bonds. The predicted octanol–water partition coefficient (Wildman–Crippen LogP) is 2.36. The molecule has 0 atom stereocenters. The molecule has 1 aromatic heterocycles. The van der Waals surface area contributed by atoms with Crippen LogP contribution in [0.25, 0.3) is 11.4 Å². The Hall–Kier alpha value is -1.37. The maximum atomic E-state index is 11.6. The number of hydrogen-bond donors (Lipinski definition) is 1. The molecule has 0 aliphatic heterocycles. The SMILES string of the molecule is COc1ccc(-c2nc(C)c(I)c(=O)[nH]2)cc1. The molecule has 4 nitrogen and oxygen atoms in total. The van der Waals surface area contributed by atoms with Crippen molar-refractivity contribution in [3.8, 4) is 17.1 Å². The third kappa shape index (κ3) is 2.49. The van der Waals surface area contributed by atoms with Crippen molar-refractivity contribution in [2.75, 3.05) is 7.11 Å². The zero-order valence-electron chi connectivity index (χ0n) is 9.45. The second kappa shape index (κ2) is 4.87. The van der Waals surface area contributed by atoms with Gasteiger partial charge in [-0.1, -0.05) is 0 Å². The summed E-state index contributed by atoms with van der Waals surface area (Å²) < 4.78 is 5.70. The molecule has 1 N–H and O–H groups in total. The van der Waals surface area contributed by atoms with Gasteiger partial charge in [-0.15, -0.1) is 0 Å². The maximum Gasteiger partial charge on any atom is 0.264 e. The van der Waals surface area contributed by atoms with Crippen LogP contribution in [0.5, 0.6) is 5.75 Å². The van der Waals surface area contributed by atoms with E-state index in [0.29, 0.717) is 9.39 Å². The second-order valence-corrected chi connectivity index (χ2v) is 4.62. The fraction of sp³-hybridized carbons (Fsp3) is 0.167. The molecule has 1 heterocycles. The average molecular weight is 342 g/mol. The first-order valence-corrected chi connectivity index (χ1v) is 6.10. The van der Waals surface area contributed by atoms with Crippen molar-refractivity contribution >= 4 is 22.6 Å². The molecule has 2 aromatic rings. The van der Waals surface area contributed by atoms with E-state index in [-0.39, 0.29) is 5.56 Å². The zero-order chi connectivity index (χ0) is 12.4. The van der Waals surface area contributed by atoms with E-state index >= 15 is 0 Å². The molecule has 5 heteroatoms. The number of aromatic nitrogens is 2. The Kier molecular flexibility index (Phi) is 3.46. The van der Waals surface area contributed by atoms with Crippen LogP contribution in [0.2, 0.25) is 0 Å². The lowest BCUT2D eigenvalue weighted by Gasteiger charge is -2.04. The minimum atomic E-state index is -0.107. The molecule has 0 saturated heterocycles. The van der Waals surface area contributed by atoms with E-state index < -0.39 is 0 Å². The minimum Gasteiger partial charge on any atom is -0.497 e. The number of benzene rings is 1. The molecule has 0 saturated carbocycles. The van der Waals surface area contributed by atoms with E-state index in [4.69, 9.17) is 4.74 Å². The van der Waals surface area contributed by atoms with Crippen LogP contribution in [0.3, 0.4) is 0 Å². The van der Waals surface area contributed by atoms with Gasteiger partial charge >= 0.3 is 0 Å². The number of methoxy groups -OCH3 is 1. The standard InChI is InChI=1S/C12H11IN2O2/c1-7-10(13)12(16)15-11(14-7)8-3-5-9(17-2)6-4-8/h3-6H,1-2H3,(H,14,15,16). The Balaban J connectivity index is 2.49. The molecule has 0 radical (unpaired) electrons. The number of nitrogens with one attached hydrogen (secondary N) is 1. The maximum absolute atomic E-state index is 11.6. The van der Waals surface area contributed by atoms with Gasteiger partial charge in [0.15, 0.2) is 0 Å². The van der Waals surface area contributed by atoms with E-state index in [1.54, 1.807) is 7.11 Å². The fourth-order valence-electron chi connectivity index (χ4n) is 1.46. The van der Waals surface area contributed by atoms with Crippen LogP contribution in [0, 0.1) is 10.5 Å². The molecule has 2 rings (SSSR count). The number of hydrogen-bond acceptors (Lipinski definition) is 3. The van der Waals surface area contributed by atoms with E-state index in [1.165, 1.54) is 0 Å². The number of nitrogens with zero attached hydrogens (tertiary/aromatic N) is 1. The summed E-state index contributed by atoms with van der Waals surface area (Å²) in [7, 11) is 1.62. The Morgan fingerprint density at radius 1 is 1.29 bits per heavy atom. The number of rotatable bonds is 2. The molecule has 0 fully saturated rings. The average Bonchev–Trinajstić information content (AvgIpc) is 2.35. The number of H-pyrrole nitrogens is 1. The van der Waals surface area contributed by atoms with Crippen LogP contribution in [0.15, 0.2) is 29.1 Å². The van der Waals surface area contributed by atoms with E-state index in [0.717, 1.165) is 17.0 Å². The first kappa shape index (κ1) is 12.1. The summed E-state index contributed by atoms with van der Waals surface area (Å²) >= 11 is 1.99. The second-order valence-electron chi connectivity index (χ2n) is 3.54. The highest BCUT2D eigenvalue weighted by Crippen LogP contribution is 2.19. The van der Waals surface area contributed by atoms with Crippen molar-refractivity contribution in [1.82, 2.24) is 9.97 Å². The molecule has 0 aliphatic rings. The number of aromatic amines is 1. The lowest BCUT2D eigenvalue weighted by molar-refractivity contribution is 0.415. The van der Waals surface area contributed by atoms with Crippen LogP contribution < -0.4 is 10.3 Å². The van der Waals surface area contributed by atoms with Crippen molar-refractivity contribution in [1.29, 1.82) is 0 Å².